The van der Waals surface area contributed by atoms with E-state index in [1.165, 1.54) is 19.3 Å². The first-order chi connectivity index (χ1) is 9.31. The van der Waals surface area contributed by atoms with Crippen LogP contribution >= 0.6 is 0 Å². The van der Waals surface area contributed by atoms with Crippen LogP contribution in [0.3, 0.4) is 0 Å². The summed E-state index contributed by atoms with van der Waals surface area (Å²) >= 11 is 0. The van der Waals surface area contributed by atoms with Crippen molar-refractivity contribution >= 4 is 5.97 Å². The molecule has 0 unspecified atom stereocenters. The number of likely N-dealkylation sites (tertiary alicyclic amines) is 1. The molecule has 1 heterocycles. The van der Waals surface area contributed by atoms with Crippen molar-refractivity contribution in [1.82, 2.24) is 4.90 Å². The maximum Gasteiger partial charge on any atom is 0.341 e. The molecular formula is C15H21NO3. The first kappa shape index (κ1) is 13.9. The molecule has 19 heavy (non-hydrogen) atoms. The quantitative estimate of drug-likeness (QED) is 0.764. The Morgan fingerprint density at radius 2 is 1.95 bits per heavy atom. The maximum absolute atomic E-state index is 11.9. The minimum absolute atomic E-state index is 0.311. The average molecular weight is 263 g/mol. The van der Waals surface area contributed by atoms with Crippen molar-refractivity contribution < 1.29 is 14.3 Å². The van der Waals surface area contributed by atoms with Gasteiger partial charge in [-0.3, -0.25) is 4.90 Å². The van der Waals surface area contributed by atoms with Crippen LogP contribution in [0.5, 0.6) is 5.75 Å². The number of methoxy groups -OCH3 is 1. The smallest absolute Gasteiger partial charge is 0.341 e. The van der Waals surface area contributed by atoms with E-state index in [2.05, 4.69) is 4.90 Å². The highest BCUT2D eigenvalue weighted by atomic mass is 16.5. The molecule has 0 N–H and O–H groups in total. The summed E-state index contributed by atoms with van der Waals surface area (Å²) in [5, 5.41) is 0. The largest absolute Gasteiger partial charge is 0.496 e. The van der Waals surface area contributed by atoms with Crippen LogP contribution in [0.4, 0.5) is 0 Å². The lowest BCUT2D eigenvalue weighted by Crippen LogP contribution is -2.33. The summed E-state index contributed by atoms with van der Waals surface area (Å²) in [4.78, 5) is 14.3. The van der Waals surface area contributed by atoms with E-state index in [0.717, 1.165) is 19.6 Å². The minimum Gasteiger partial charge on any atom is -0.496 e. The maximum atomic E-state index is 11.9. The number of hydrogen-bond donors (Lipinski definition) is 0. The van der Waals surface area contributed by atoms with E-state index in [9.17, 15) is 4.79 Å². The Hall–Kier alpha value is -1.55. The summed E-state index contributed by atoms with van der Waals surface area (Å²) in [6, 6.07) is 7.14. The van der Waals surface area contributed by atoms with Gasteiger partial charge in [0.25, 0.3) is 0 Å². The zero-order chi connectivity index (χ0) is 13.5. The monoisotopic (exact) mass is 263 g/mol. The number of carbonyl (C=O) groups excluding carboxylic acids is 1. The first-order valence-corrected chi connectivity index (χ1v) is 6.84. The van der Waals surface area contributed by atoms with Crippen LogP contribution < -0.4 is 4.74 Å². The summed E-state index contributed by atoms with van der Waals surface area (Å²) in [6.45, 7) is 3.50. The predicted molar refractivity (Wildman–Crippen MR) is 73.6 cm³/mol. The van der Waals surface area contributed by atoms with Crippen LogP contribution in [-0.2, 0) is 4.74 Å². The van der Waals surface area contributed by atoms with Gasteiger partial charge in [-0.2, -0.15) is 0 Å². The zero-order valence-electron chi connectivity index (χ0n) is 11.4. The van der Waals surface area contributed by atoms with E-state index >= 15 is 0 Å². The van der Waals surface area contributed by atoms with Gasteiger partial charge in [-0.15, -0.1) is 0 Å². The lowest BCUT2D eigenvalue weighted by atomic mass is 10.1. The van der Waals surface area contributed by atoms with E-state index in [1.807, 2.05) is 12.1 Å². The van der Waals surface area contributed by atoms with Gasteiger partial charge < -0.3 is 9.47 Å². The van der Waals surface area contributed by atoms with Gasteiger partial charge in [-0.05, 0) is 38.1 Å². The molecule has 1 fully saturated rings. The lowest BCUT2D eigenvalue weighted by Gasteiger charge is -2.25. The van der Waals surface area contributed by atoms with E-state index in [0.29, 0.717) is 17.9 Å². The summed E-state index contributed by atoms with van der Waals surface area (Å²) in [7, 11) is 1.56. The number of para-hydroxylation sites is 1. The van der Waals surface area contributed by atoms with Crippen molar-refractivity contribution in [2.24, 2.45) is 0 Å². The molecule has 0 aromatic heterocycles. The second-order valence-electron chi connectivity index (χ2n) is 4.74. The summed E-state index contributed by atoms with van der Waals surface area (Å²) in [5.74, 6) is 0.250. The van der Waals surface area contributed by atoms with Crippen LogP contribution in [0.2, 0.25) is 0 Å². The molecule has 1 aliphatic heterocycles. The van der Waals surface area contributed by atoms with E-state index in [1.54, 1.807) is 19.2 Å². The molecule has 0 radical (unpaired) electrons. The number of piperidine rings is 1. The Balaban J connectivity index is 1.80. The van der Waals surface area contributed by atoms with E-state index < -0.39 is 0 Å². The summed E-state index contributed by atoms with van der Waals surface area (Å²) < 4.78 is 10.5. The second kappa shape index (κ2) is 7.14. The highest BCUT2D eigenvalue weighted by Crippen LogP contribution is 2.18. The van der Waals surface area contributed by atoms with Crippen LogP contribution in [0, 0.1) is 0 Å². The van der Waals surface area contributed by atoms with Crippen molar-refractivity contribution in [3.8, 4) is 5.75 Å². The number of esters is 1. The Morgan fingerprint density at radius 3 is 2.68 bits per heavy atom. The normalized spacial score (nSPS) is 16.1. The lowest BCUT2D eigenvalue weighted by molar-refractivity contribution is 0.0448. The molecule has 0 saturated carbocycles. The number of nitrogens with zero attached hydrogens (tertiary/aromatic N) is 1. The van der Waals surface area contributed by atoms with Crippen molar-refractivity contribution in [1.29, 1.82) is 0 Å². The van der Waals surface area contributed by atoms with Crippen molar-refractivity contribution in [3.05, 3.63) is 29.8 Å². The molecule has 4 heteroatoms. The van der Waals surface area contributed by atoms with E-state index in [4.69, 9.17) is 9.47 Å². The SMILES string of the molecule is COc1ccccc1C(=O)OCCN1CCCCC1. The fourth-order valence-electron chi connectivity index (χ4n) is 2.34. The molecular weight excluding hydrogens is 242 g/mol. The average Bonchev–Trinajstić information content (AvgIpc) is 2.48. The van der Waals surface area contributed by atoms with Gasteiger partial charge in [-0.1, -0.05) is 18.6 Å². The van der Waals surface area contributed by atoms with Crippen LogP contribution in [-0.4, -0.2) is 44.2 Å². The first-order valence-electron chi connectivity index (χ1n) is 6.84. The van der Waals surface area contributed by atoms with Gasteiger partial charge in [0.15, 0.2) is 0 Å². The molecule has 0 atom stereocenters. The number of carbonyl (C=O) groups is 1. The molecule has 1 aromatic rings. The van der Waals surface area contributed by atoms with Gasteiger partial charge in [-0.25, -0.2) is 4.79 Å². The molecule has 1 aliphatic rings. The fourth-order valence-corrected chi connectivity index (χ4v) is 2.34. The molecule has 1 aromatic carbocycles. The standard InChI is InChI=1S/C15H21NO3/c1-18-14-8-4-3-7-13(14)15(17)19-12-11-16-9-5-2-6-10-16/h3-4,7-8H,2,5-6,9-12H2,1H3. The zero-order valence-corrected chi connectivity index (χ0v) is 11.4. The third-order valence-electron chi connectivity index (χ3n) is 3.42. The minimum atomic E-state index is -0.311. The molecule has 104 valence electrons. The summed E-state index contributed by atoms with van der Waals surface area (Å²) in [6.07, 6.45) is 3.82. The Labute approximate surface area is 114 Å². The third-order valence-corrected chi connectivity index (χ3v) is 3.42. The van der Waals surface area contributed by atoms with Crippen LogP contribution in [0.15, 0.2) is 24.3 Å². The molecule has 2 rings (SSSR count). The van der Waals surface area contributed by atoms with Crippen molar-refractivity contribution in [3.63, 3.8) is 0 Å². The molecule has 1 saturated heterocycles. The topological polar surface area (TPSA) is 38.8 Å². The number of hydrogen-bond acceptors (Lipinski definition) is 4. The third kappa shape index (κ3) is 3.96. The van der Waals surface area contributed by atoms with Crippen LogP contribution in [0.25, 0.3) is 0 Å². The van der Waals surface area contributed by atoms with Gasteiger partial charge in [0, 0.05) is 6.54 Å². The Kier molecular flexibility index (Phi) is 5.21. The van der Waals surface area contributed by atoms with E-state index in [-0.39, 0.29) is 5.97 Å². The van der Waals surface area contributed by atoms with Gasteiger partial charge in [0.2, 0.25) is 0 Å². The van der Waals surface area contributed by atoms with Gasteiger partial charge >= 0.3 is 5.97 Å². The number of benzene rings is 1. The number of ether oxygens (including phenoxy) is 2. The van der Waals surface area contributed by atoms with Gasteiger partial charge in [0.1, 0.15) is 17.9 Å². The molecule has 0 amide bonds. The highest BCUT2D eigenvalue weighted by molar-refractivity contribution is 5.92. The molecule has 0 aliphatic carbocycles. The molecule has 4 nitrogen and oxygen atoms in total. The van der Waals surface area contributed by atoms with Gasteiger partial charge in [0.05, 0.1) is 7.11 Å². The number of rotatable bonds is 5. The Bertz CT molecular complexity index is 414. The predicted octanol–water partition coefficient (Wildman–Crippen LogP) is 2.34. The Morgan fingerprint density at radius 1 is 1.21 bits per heavy atom. The van der Waals surface area contributed by atoms with Crippen molar-refractivity contribution in [2.75, 3.05) is 33.4 Å². The fraction of sp³-hybridized carbons (Fsp3) is 0.533. The second-order valence-corrected chi connectivity index (χ2v) is 4.74. The summed E-state index contributed by atoms with van der Waals surface area (Å²) in [5.41, 5.74) is 0.489. The van der Waals surface area contributed by atoms with Crippen molar-refractivity contribution in [2.45, 2.75) is 19.3 Å². The molecule has 0 spiro atoms. The van der Waals surface area contributed by atoms with Crippen LogP contribution in [0.1, 0.15) is 29.6 Å². The highest BCUT2D eigenvalue weighted by Gasteiger charge is 2.14. The molecule has 0 bridgehead atoms.